The summed E-state index contributed by atoms with van der Waals surface area (Å²) in [5, 5.41) is 0. The lowest BCUT2D eigenvalue weighted by Crippen LogP contribution is -2.55. The van der Waals surface area contributed by atoms with Crippen molar-refractivity contribution < 1.29 is 9.53 Å². The van der Waals surface area contributed by atoms with E-state index in [1.807, 2.05) is 0 Å². The van der Waals surface area contributed by atoms with Crippen LogP contribution in [0.4, 0.5) is 0 Å². The Balaban J connectivity index is 1.48. The molecule has 24 heavy (non-hydrogen) atoms. The van der Waals surface area contributed by atoms with Gasteiger partial charge in [0.2, 0.25) is 0 Å². The van der Waals surface area contributed by atoms with E-state index in [1.165, 1.54) is 51.4 Å². The summed E-state index contributed by atoms with van der Waals surface area (Å²) in [6.07, 6.45) is 14.9. The predicted molar refractivity (Wildman–Crippen MR) is 94.6 cm³/mol. The van der Waals surface area contributed by atoms with Crippen molar-refractivity contribution in [2.45, 2.75) is 89.8 Å². The molecule has 4 aliphatic carbocycles. The molecule has 4 fully saturated rings. The van der Waals surface area contributed by atoms with E-state index in [2.05, 4.69) is 19.9 Å². The van der Waals surface area contributed by atoms with Gasteiger partial charge in [-0.15, -0.1) is 0 Å². The van der Waals surface area contributed by atoms with Crippen LogP contribution in [0.25, 0.3) is 0 Å². The number of rotatable bonds is 0. The van der Waals surface area contributed by atoms with Crippen LogP contribution in [0.15, 0.2) is 11.6 Å². The number of fused-ring (bicyclic) bond motifs is 6. The number of hydrogen-bond acceptors (Lipinski definition) is 2. The van der Waals surface area contributed by atoms with Crippen LogP contribution in [0.5, 0.6) is 0 Å². The molecule has 1 aliphatic heterocycles. The van der Waals surface area contributed by atoms with E-state index in [9.17, 15) is 4.79 Å². The molecule has 0 aromatic carbocycles. The Morgan fingerprint density at radius 1 is 1.12 bits per heavy atom. The smallest absolute Gasteiger partial charge is 0.167 e. The molecule has 2 heteroatoms. The minimum atomic E-state index is -0.426. The van der Waals surface area contributed by atoms with E-state index < -0.39 is 5.60 Å². The van der Waals surface area contributed by atoms with Gasteiger partial charge in [0, 0.05) is 11.8 Å². The first kappa shape index (κ1) is 15.6. The zero-order valence-corrected chi connectivity index (χ0v) is 15.4. The Hall–Kier alpha value is -0.630. The molecule has 0 unspecified atom stereocenters. The number of Topliss-reactive ketones (excluding diaryl/α,β-unsaturated/α-hetero) is 1. The number of carbonyl (C=O) groups is 1. The van der Waals surface area contributed by atoms with Gasteiger partial charge in [0.15, 0.2) is 5.78 Å². The van der Waals surface area contributed by atoms with E-state index in [0.717, 1.165) is 24.2 Å². The largest absolute Gasteiger partial charge is 0.363 e. The van der Waals surface area contributed by atoms with Crippen LogP contribution < -0.4 is 0 Å². The number of ketones is 1. The van der Waals surface area contributed by atoms with E-state index in [1.54, 1.807) is 5.57 Å². The third-order valence-electron chi connectivity index (χ3n) is 8.82. The highest BCUT2D eigenvalue weighted by Crippen LogP contribution is 2.67. The highest BCUT2D eigenvalue weighted by atomic mass is 16.5. The summed E-state index contributed by atoms with van der Waals surface area (Å²) in [7, 11) is 0. The molecule has 2 nitrogen and oxygen atoms in total. The Bertz CT molecular complexity index is 593. The molecule has 7 atom stereocenters. The second-order valence-corrected chi connectivity index (χ2v) is 9.67. The summed E-state index contributed by atoms with van der Waals surface area (Å²) in [6, 6.07) is 0. The molecule has 1 saturated heterocycles. The van der Waals surface area contributed by atoms with Gasteiger partial charge >= 0.3 is 0 Å². The molecule has 132 valence electrons. The highest BCUT2D eigenvalue weighted by Gasteiger charge is 2.68. The molecule has 0 N–H and O–H groups in total. The first-order chi connectivity index (χ1) is 11.6. The fourth-order valence-corrected chi connectivity index (χ4v) is 7.83. The maximum absolute atomic E-state index is 12.9. The summed E-state index contributed by atoms with van der Waals surface area (Å²) in [4.78, 5) is 12.9. The molecule has 0 aromatic rings. The minimum Gasteiger partial charge on any atom is -0.363 e. The number of hydrogen-bond donors (Lipinski definition) is 0. The fraction of sp³-hybridized carbons (Fsp3) is 0.864. The van der Waals surface area contributed by atoms with Crippen molar-refractivity contribution in [3.8, 4) is 0 Å². The molecular formula is C22H32O2. The average molecular weight is 328 g/mol. The van der Waals surface area contributed by atoms with Crippen molar-refractivity contribution in [3.63, 3.8) is 0 Å². The van der Waals surface area contributed by atoms with Gasteiger partial charge in [-0.3, -0.25) is 4.79 Å². The third kappa shape index (κ3) is 1.84. The number of ether oxygens (including phenoxy) is 1. The highest BCUT2D eigenvalue weighted by molar-refractivity contribution is 5.91. The molecule has 1 heterocycles. The zero-order valence-electron chi connectivity index (χ0n) is 15.4. The van der Waals surface area contributed by atoms with Gasteiger partial charge < -0.3 is 4.74 Å². The van der Waals surface area contributed by atoms with Gasteiger partial charge in [0.25, 0.3) is 0 Å². The molecule has 5 aliphatic rings. The maximum Gasteiger partial charge on any atom is 0.167 e. The van der Waals surface area contributed by atoms with Gasteiger partial charge in [-0.05, 0) is 88.4 Å². The Kier molecular flexibility index (Phi) is 3.38. The van der Waals surface area contributed by atoms with Crippen molar-refractivity contribution in [1.29, 1.82) is 0 Å². The van der Waals surface area contributed by atoms with Crippen molar-refractivity contribution in [3.05, 3.63) is 11.6 Å². The van der Waals surface area contributed by atoms with Crippen LogP contribution in [0.3, 0.4) is 0 Å². The van der Waals surface area contributed by atoms with Crippen LogP contribution in [-0.4, -0.2) is 17.5 Å². The topological polar surface area (TPSA) is 26.3 Å². The van der Waals surface area contributed by atoms with Crippen molar-refractivity contribution in [2.75, 3.05) is 0 Å². The summed E-state index contributed by atoms with van der Waals surface area (Å²) in [5.41, 5.74) is 1.47. The SMILES string of the molecule is C[C@@H]1CC(=O)[C@@]2(CC[C@H]3[C@@H]4CCC5=CCCC[C@@H]5[C@H]4CC[C@@]32C)O1. The van der Waals surface area contributed by atoms with Crippen molar-refractivity contribution >= 4 is 5.78 Å². The predicted octanol–water partition coefficient (Wildman–Crippen LogP) is 5.07. The zero-order chi connectivity index (χ0) is 16.5. The van der Waals surface area contributed by atoms with Crippen LogP contribution in [0.1, 0.15) is 78.1 Å². The second kappa shape index (κ2) is 5.19. The fourth-order valence-electron chi connectivity index (χ4n) is 7.83. The lowest BCUT2D eigenvalue weighted by Gasteiger charge is -2.55. The molecule has 0 amide bonds. The monoisotopic (exact) mass is 328 g/mol. The summed E-state index contributed by atoms with van der Waals surface area (Å²) in [6.45, 7) is 4.51. The van der Waals surface area contributed by atoms with Crippen molar-refractivity contribution in [2.24, 2.45) is 29.1 Å². The van der Waals surface area contributed by atoms with Gasteiger partial charge in [-0.2, -0.15) is 0 Å². The standard InChI is InChI=1S/C22H32O2/c1-14-13-20(23)22(24-14)12-10-19-18-8-7-15-5-3-4-6-16(15)17(18)9-11-21(19,22)2/h5,14,16-19H,3-4,6-13H2,1-2H3/t14-,16+,17-,18-,19+,21+,22-/m1/s1. The molecule has 5 rings (SSSR count). The van der Waals surface area contributed by atoms with Crippen LogP contribution in [0.2, 0.25) is 0 Å². The summed E-state index contributed by atoms with van der Waals surface area (Å²) >= 11 is 0. The van der Waals surface area contributed by atoms with E-state index in [4.69, 9.17) is 4.74 Å². The minimum absolute atomic E-state index is 0.103. The Morgan fingerprint density at radius 3 is 2.79 bits per heavy atom. The first-order valence-corrected chi connectivity index (χ1v) is 10.5. The van der Waals surface area contributed by atoms with Crippen LogP contribution in [0, 0.1) is 29.1 Å². The molecule has 0 radical (unpaired) electrons. The van der Waals surface area contributed by atoms with Crippen LogP contribution in [-0.2, 0) is 9.53 Å². The van der Waals surface area contributed by atoms with Gasteiger partial charge in [-0.1, -0.05) is 18.6 Å². The molecule has 3 saturated carbocycles. The normalized spacial score (nSPS) is 53.5. The van der Waals surface area contributed by atoms with E-state index >= 15 is 0 Å². The van der Waals surface area contributed by atoms with Gasteiger partial charge in [-0.25, -0.2) is 0 Å². The summed E-state index contributed by atoms with van der Waals surface area (Å²) in [5.74, 6) is 3.75. The maximum atomic E-state index is 12.9. The van der Waals surface area contributed by atoms with E-state index in [-0.39, 0.29) is 11.5 Å². The number of allylic oxidation sites excluding steroid dienone is 2. The molecule has 0 bridgehead atoms. The van der Waals surface area contributed by atoms with Gasteiger partial charge in [0.05, 0.1) is 6.10 Å². The number of carbonyl (C=O) groups excluding carboxylic acids is 1. The van der Waals surface area contributed by atoms with Crippen molar-refractivity contribution in [1.82, 2.24) is 0 Å². The quantitative estimate of drug-likeness (QED) is 0.581. The second-order valence-electron chi connectivity index (χ2n) is 9.67. The third-order valence-corrected chi connectivity index (χ3v) is 8.82. The summed E-state index contributed by atoms with van der Waals surface area (Å²) < 4.78 is 6.42. The first-order valence-electron chi connectivity index (χ1n) is 10.5. The Morgan fingerprint density at radius 2 is 2.00 bits per heavy atom. The molecular weight excluding hydrogens is 296 g/mol. The molecule has 1 spiro atoms. The van der Waals surface area contributed by atoms with E-state index in [0.29, 0.717) is 18.1 Å². The Labute approximate surface area is 146 Å². The van der Waals surface area contributed by atoms with Gasteiger partial charge in [0.1, 0.15) is 5.60 Å². The molecule has 0 aromatic heterocycles. The lowest BCUT2D eigenvalue weighted by atomic mass is 9.50. The lowest BCUT2D eigenvalue weighted by molar-refractivity contribution is -0.162. The van der Waals surface area contributed by atoms with Crippen LogP contribution >= 0.6 is 0 Å². The average Bonchev–Trinajstić information content (AvgIpc) is 3.04.